The normalized spacial score (nSPS) is 10.7. The van der Waals surface area contributed by atoms with Crippen molar-refractivity contribution in [2.75, 3.05) is 25.1 Å². The van der Waals surface area contributed by atoms with Crippen LogP contribution in [0.15, 0.2) is 12.1 Å². The minimum Gasteiger partial charge on any atom is -0.396 e. The van der Waals surface area contributed by atoms with E-state index in [9.17, 15) is 8.78 Å². The fourth-order valence-corrected chi connectivity index (χ4v) is 1.79. The Kier molecular flexibility index (Phi) is 6.01. The predicted molar refractivity (Wildman–Crippen MR) is 68.5 cm³/mol. The molecule has 0 saturated carbocycles. The fourth-order valence-electron chi connectivity index (χ4n) is 1.79. The molecule has 0 aliphatic rings. The molecule has 0 amide bonds. The second-order valence-corrected chi connectivity index (χ2v) is 4.28. The number of benzene rings is 1. The Bertz CT molecular complexity index is 385. The van der Waals surface area contributed by atoms with Gasteiger partial charge in [-0.1, -0.05) is 6.07 Å². The van der Waals surface area contributed by atoms with Gasteiger partial charge in [0.05, 0.1) is 5.69 Å². The predicted octanol–water partition coefficient (Wildman–Crippen LogP) is 2.02. The zero-order chi connectivity index (χ0) is 13.5. The number of hydrogen-bond donors (Lipinski definition) is 2. The van der Waals surface area contributed by atoms with Gasteiger partial charge in [-0.2, -0.15) is 0 Å². The molecule has 0 unspecified atom stereocenters. The topological polar surface area (TPSA) is 49.5 Å². The average Bonchev–Trinajstić information content (AvgIpc) is 2.37. The monoisotopic (exact) mass is 258 g/mol. The van der Waals surface area contributed by atoms with Gasteiger partial charge in [0.25, 0.3) is 0 Å². The summed E-state index contributed by atoms with van der Waals surface area (Å²) in [5.74, 6) is -1.71. The van der Waals surface area contributed by atoms with E-state index in [1.165, 1.54) is 6.07 Å². The van der Waals surface area contributed by atoms with Gasteiger partial charge < -0.3 is 15.7 Å². The number of aliphatic hydroxyl groups is 1. The first kappa shape index (κ1) is 14.9. The molecule has 0 aliphatic heterocycles. The lowest BCUT2D eigenvalue weighted by Crippen LogP contribution is -2.20. The molecule has 0 atom stereocenters. The Balaban J connectivity index is 2.68. The number of anilines is 1. The average molecular weight is 258 g/mol. The molecule has 18 heavy (non-hydrogen) atoms. The van der Waals surface area contributed by atoms with E-state index < -0.39 is 11.6 Å². The smallest absolute Gasteiger partial charge is 0.182 e. The van der Waals surface area contributed by atoms with Crippen molar-refractivity contribution >= 4 is 5.69 Å². The number of halogens is 2. The van der Waals surface area contributed by atoms with Crippen LogP contribution < -0.4 is 10.6 Å². The highest BCUT2D eigenvalue weighted by atomic mass is 19.2. The second kappa shape index (κ2) is 7.28. The molecule has 0 bridgehead atoms. The summed E-state index contributed by atoms with van der Waals surface area (Å²) in [4.78, 5) is 1.68. The molecule has 1 aromatic rings. The number of hydrogen-bond acceptors (Lipinski definition) is 3. The molecule has 0 saturated heterocycles. The lowest BCUT2D eigenvalue weighted by atomic mass is 10.1. The highest BCUT2D eigenvalue weighted by Gasteiger charge is 2.14. The Hall–Kier alpha value is -1.20. The molecular weight excluding hydrogens is 238 g/mol. The number of nitrogens with zero attached hydrogens (tertiary/aromatic N) is 1. The molecule has 1 aromatic carbocycles. The number of unbranched alkanes of at least 4 members (excludes halogenated alkanes) is 2. The van der Waals surface area contributed by atoms with Gasteiger partial charge in [-0.3, -0.25) is 0 Å². The first-order valence-corrected chi connectivity index (χ1v) is 6.10. The number of aliphatic hydroxyl groups excluding tert-OH is 1. The van der Waals surface area contributed by atoms with Crippen molar-refractivity contribution in [2.45, 2.75) is 25.8 Å². The zero-order valence-corrected chi connectivity index (χ0v) is 10.6. The van der Waals surface area contributed by atoms with Crippen LogP contribution in [0.5, 0.6) is 0 Å². The largest absolute Gasteiger partial charge is 0.396 e. The highest BCUT2D eigenvalue weighted by Crippen LogP contribution is 2.23. The summed E-state index contributed by atoms with van der Waals surface area (Å²) in [5.41, 5.74) is 5.74. The Labute approximate surface area is 106 Å². The number of nitrogens with two attached hydrogens (primary N) is 1. The van der Waals surface area contributed by atoms with Gasteiger partial charge in [-0.25, -0.2) is 8.78 Å². The molecule has 0 spiro atoms. The van der Waals surface area contributed by atoms with E-state index in [0.29, 0.717) is 6.54 Å². The maximum Gasteiger partial charge on any atom is 0.182 e. The Morgan fingerprint density at radius 1 is 1.17 bits per heavy atom. The molecule has 0 radical (unpaired) electrons. The summed E-state index contributed by atoms with van der Waals surface area (Å²) in [6.07, 6.45) is 2.43. The van der Waals surface area contributed by atoms with Crippen molar-refractivity contribution in [1.82, 2.24) is 0 Å². The SMILES string of the molecule is CN(CCCCCO)c1ccc(CN)c(F)c1F. The molecule has 1 rings (SSSR count). The molecule has 3 nitrogen and oxygen atoms in total. The van der Waals surface area contributed by atoms with Crippen molar-refractivity contribution in [3.05, 3.63) is 29.3 Å². The third-order valence-electron chi connectivity index (χ3n) is 2.92. The van der Waals surface area contributed by atoms with Gasteiger partial charge in [0.1, 0.15) is 0 Å². The second-order valence-electron chi connectivity index (χ2n) is 4.28. The van der Waals surface area contributed by atoms with Gasteiger partial charge in [0, 0.05) is 32.3 Å². The summed E-state index contributed by atoms with van der Waals surface area (Å²) in [7, 11) is 1.72. The molecule has 0 fully saturated rings. The molecule has 102 valence electrons. The third-order valence-corrected chi connectivity index (χ3v) is 2.92. The van der Waals surface area contributed by atoms with Crippen LogP contribution in [0.3, 0.4) is 0 Å². The summed E-state index contributed by atoms with van der Waals surface area (Å²) in [5, 5.41) is 8.65. The Morgan fingerprint density at radius 2 is 1.89 bits per heavy atom. The Morgan fingerprint density at radius 3 is 2.50 bits per heavy atom. The van der Waals surface area contributed by atoms with Crippen LogP contribution in [-0.4, -0.2) is 25.3 Å². The van der Waals surface area contributed by atoms with E-state index in [0.717, 1.165) is 19.3 Å². The third kappa shape index (κ3) is 3.65. The molecule has 3 N–H and O–H groups in total. The lowest BCUT2D eigenvalue weighted by molar-refractivity contribution is 0.283. The van der Waals surface area contributed by atoms with Crippen LogP contribution in [0.2, 0.25) is 0 Å². The zero-order valence-electron chi connectivity index (χ0n) is 10.6. The van der Waals surface area contributed by atoms with Crippen LogP contribution in [0.25, 0.3) is 0 Å². The first-order chi connectivity index (χ1) is 8.61. The lowest BCUT2D eigenvalue weighted by Gasteiger charge is -2.20. The molecule has 0 aliphatic carbocycles. The van der Waals surface area contributed by atoms with E-state index >= 15 is 0 Å². The van der Waals surface area contributed by atoms with E-state index in [-0.39, 0.29) is 24.4 Å². The van der Waals surface area contributed by atoms with Crippen LogP contribution in [0.1, 0.15) is 24.8 Å². The summed E-state index contributed by atoms with van der Waals surface area (Å²) in [6, 6.07) is 3.06. The van der Waals surface area contributed by atoms with Gasteiger partial charge >= 0.3 is 0 Å². The van der Waals surface area contributed by atoms with E-state index in [1.807, 2.05) is 0 Å². The molecule has 0 heterocycles. The van der Waals surface area contributed by atoms with E-state index in [2.05, 4.69) is 0 Å². The van der Waals surface area contributed by atoms with Gasteiger partial charge in [-0.15, -0.1) is 0 Å². The quantitative estimate of drug-likeness (QED) is 0.736. The van der Waals surface area contributed by atoms with Gasteiger partial charge in [0.15, 0.2) is 11.6 Å². The van der Waals surface area contributed by atoms with Crippen molar-refractivity contribution in [2.24, 2.45) is 5.73 Å². The highest BCUT2D eigenvalue weighted by molar-refractivity contribution is 5.49. The van der Waals surface area contributed by atoms with Crippen LogP contribution >= 0.6 is 0 Å². The summed E-state index contributed by atoms with van der Waals surface area (Å²) in [6.45, 7) is 0.777. The minimum atomic E-state index is -0.864. The maximum absolute atomic E-state index is 13.8. The fraction of sp³-hybridized carbons (Fsp3) is 0.538. The minimum absolute atomic E-state index is 0.0107. The molecule has 0 aromatic heterocycles. The van der Waals surface area contributed by atoms with Crippen molar-refractivity contribution in [3.8, 4) is 0 Å². The molecular formula is C13H20F2N2O. The summed E-state index contributed by atoms with van der Waals surface area (Å²) >= 11 is 0. The van der Waals surface area contributed by atoms with Crippen molar-refractivity contribution in [1.29, 1.82) is 0 Å². The van der Waals surface area contributed by atoms with Crippen LogP contribution in [0, 0.1) is 11.6 Å². The maximum atomic E-state index is 13.8. The van der Waals surface area contributed by atoms with Crippen molar-refractivity contribution in [3.63, 3.8) is 0 Å². The van der Waals surface area contributed by atoms with Crippen molar-refractivity contribution < 1.29 is 13.9 Å². The summed E-state index contributed by atoms with van der Waals surface area (Å²) < 4.78 is 27.3. The first-order valence-electron chi connectivity index (χ1n) is 6.10. The van der Waals surface area contributed by atoms with Gasteiger partial charge in [-0.05, 0) is 25.3 Å². The van der Waals surface area contributed by atoms with Gasteiger partial charge in [0.2, 0.25) is 0 Å². The van der Waals surface area contributed by atoms with E-state index in [4.69, 9.17) is 10.8 Å². The molecule has 5 heteroatoms. The van der Waals surface area contributed by atoms with E-state index in [1.54, 1.807) is 18.0 Å². The standard InChI is InChI=1S/C13H20F2N2O/c1-17(7-3-2-4-8-18)11-6-5-10(9-16)12(14)13(11)15/h5-6,18H,2-4,7-9,16H2,1H3. The van der Waals surface area contributed by atoms with Crippen LogP contribution in [0.4, 0.5) is 14.5 Å². The number of rotatable bonds is 7. The van der Waals surface area contributed by atoms with Crippen LogP contribution in [-0.2, 0) is 6.54 Å².